The van der Waals surface area contributed by atoms with Gasteiger partial charge in [-0.25, -0.2) is 0 Å². The van der Waals surface area contributed by atoms with Gasteiger partial charge in [0.05, 0.1) is 17.0 Å². The molecular formula is C16H11F3N4O2S. The van der Waals surface area contributed by atoms with E-state index in [0.29, 0.717) is 16.1 Å². The number of rotatable bonds is 5. The summed E-state index contributed by atoms with van der Waals surface area (Å²) >= 11 is 1.29. The van der Waals surface area contributed by atoms with Gasteiger partial charge in [0, 0.05) is 11.6 Å². The van der Waals surface area contributed by atoms with Crippen LogP contribution >= 0.6 is 11.3 Å². The molecule has 3 aromatic rings. The number of anilines is 1. The molecule has 0 bridgehead atoms. The fourth-order valence-corrected chi connectivity index (χ4v) is 2.99. The average Bonchev–Trinajstić information content (AvgIpc) is 3.08. The summed E-state index contributed by atoms with van der Waals surface area (Å²) < 4.78 is 38.2. The molecule has 1 N–H and O–H groups in total. The van der Waals surface area contributed by atoms with Crippen molar-refractivity contribution in [3.63, 3.8) is 0 Å². The highest BCUT2D eigenvalue weighted by atomic mass is 32.1. The van der Waals surface area contributed by atoms with Crippen LogP contribution in [0, 0.1) is 10.1 Å². The molecule has 3 rings (SSSR count). The molecule has 0 atom stereocenters. The minimum atomic E-state index is -4.65. The average molecular weight is 380 g/mol. The van der Waals surface area contributed by atoms with Gasteiger partial charge in [-0.15, -0.1) is 10.2 Å². The van der Waals surface area contributed by atoms with E-state index in [4.69, 9.17) is 0 Å². The number of nitrogens with zero attached hydrogens (tertiary/aromatic N) is 3. The van der Waals surface area contributed by atoms with Gasteiger partial charge >= 0.3 is 6.18 Å². The molecule has 1 heterocycles. The van der Waals surface area contributed by atoms with Crippen molar-refractivity contribution in [3.05, 3.63) is 69.2 Å². The van der Waals surface area contributed by atoms with Crippen LogP contribution in [0.15, 0.2) is 48.5 Å². The third-order valence-corrected chi connectivity index (χ3v) is 4.41. The Labute approximate surface area is 149 Å². The van der Waals surface area contributed by atoms with E-state index in [9.17, 15) is 23.3 Å². The van der Waals surface area contributed by atoms with Gasteiger partial charge in [-0.1, -0.05) is 41.7 Å². The molecule has 0 unspecified atom stereocenters. The topological polar surface area (TPSA) is 81.0 Å². The number of aromatic nitrogens is 2. The number of hydrogen-bond acceptors (Lipinski definition) is 6. The first-order valence-electron chi connectivity index (χ1n) is 7.32. The molecule has 2 aromatic carbocycles. The summed E-state index contributed by atoms with van der Waals surface area (Å²) in [5.74, 6) is 0. The summed E-state index contributed by atoms with van der Waals surface area (Å²) in [7, 11) is 0. The molecule has 0 saturated heterocycles. The van der Waals surface area contributed by atoms with E-state index in [-0.39, 0.29) is 12.2 Å². The van der Waals surface area contributed by atoms with Crippen LogP contribution in [-0.2, 0) is 12.7 Å². The van der Waals surface area contributed by atoms with Crippen molar-refractivity contribution in [1.82, 2.24) is 10.2 Å². The number of hydrogen-bond donors (Lipinski definition) is 1. The predicted molar refractivity (Wildman–Crippen MR) is 90.8 cm³/mol. The molecule has 10 heteroatoms. The number of nitro benzene ring substituents is 1. The highest BCUT2D eigenvalue weighted by Crippen LogP contribution is 2.35. The third kappa shape index (κ3) is 3.97. The summed E-state index contributed by atoms with van der Waals surface area (Å²) in [6.45, 7) is 0.108. The standard InChI is InChI=1S/C16H11F3N4O2S/c17-16(18,19)11-6-7-12(13(8-11)23(24)25)20-9-14-21-22-15(26-14)10-4-2-1-3-5-10/h1-8,20H,9H2. The van der Waals surface area contributed by atoms with Crippen LogP contribution in [-0.4, -0.2) is 15.1 Å². The van der Waals surface area contributed by atoms with Gasteiger partial charge in [-0.3, -0.25) is 10.1 Å². The number of nitro groups is 1. The van der Waals surface area contributed by atoms with Crippen LogP contribution in [0.3, 0.4) is 0 Å². The van der Waals surface area contributed by atoms with Crippen LogP contribution < -0.4 is 5.32 Å². The lowest BCUT2D eigenvalue weighted by atomic mass is 10.1. The van der Waals surface area contributed by atoms with Gasteiger partial charge in [0.2, 0.25) is 0 Å². The fourth-order valence-electron chi connectivity index (χ4n) is 2.20. The van der Waals surface area contributed by atoms with E-state index in [1.165, 1.54) is 11.3 Å². The minimum absolute atomic E-state index is 0.0144. The Morgan fingerprint density at radius 3 is 2.50 bits per heavy atom. The van der Waals surface area contributed by atoms with Gasteiger partial charge in [0.25, 0.3) is 5.69 Å². The van der Waals surface area contributed by atoms with E-state index < -0.39 is 22.4 Å². The maximum Gasteiger partial charge on any atom is 0.416 e. The van der Waals surface area contributed by atoms with Crippen molar-refractivity contribution in [2.45, 2.75) is 12.7 Å². The second-order valence-electron chi connectivity index (χ2n) is 5.21. The highest BCUT2D eigenvalue weighted by Gasteiger charge is 2.33. The molecule has 0 saturated carbocycles. The summed E-state index contributed by atoms with van der Waals surface area (Å²) in [6.07, 6.45) is -4.65. The Morgan fingerprint density at radius 2 is 1.85 bits per heavy atom. The normalized spacial score (nSPS) is 11.3. The smallest absolute Gasteiger partial charge is 0.373 e. The lowest BCUT2D eigenvalue weighted by Gasteiger charge is -2.09. The SMILES string of the molecule is O=[N+]([O-])c1cc(C(F)(F)F)ccc1NCc1nnc(-c2ccccc2)s1. The minimum Gasteiger partial charge on any atom is -0.373 e. The number of benzene rings is 2. The summed E-state index contributed by atoms with van der Waals surface area (Å²) in [6, 6.07) is 11.7. The molecule has 6 nitrogen and oxygen atoms in total. The first-order valence-corrected chi connectivity index (χ1v) is 8.13. The Kier molecular flexibility index (Phi) is 4.85. The van der Waals surface area contributed by atoms with Crippen molar-refractivity contribution >= 4 is 22.7 Å². The molecule has 0 amide bonds. The van der Waals surface area contributed by atoms with Gasteiger partial charge in [-0.2, -0.15) is 13.2 Å². The molecule has 0 aliphatic rings. The highest BCUT2D eigenvalue weighted by molar-refractivity contribution is 7.14. The van der Waals surface area contributed by atoms with Crippen molar-refractivity contribution in [2.75, 3.05) is 5.32 Å². The molecule has 26 heavy (non-hydrogen) atoms. The second kappa shape index (κ2) is 7.08. The number of halogens is 3. The molecule has 1 aromatic heterocycles. The summed E-state index contributed by atoms with van der Waals surface area (Å²) in [4.78, 5) is 10.2. The molecule has 134 valence electrons. The first kappa shape index (κ1) is 17.8. The van der Waals surface area contributed by atoms with E-state index in [1.807, 2.05) is 30.3 Å². The zero-order valence-electron chi connectivity index (χ0n) is 13.0. The molecule has 0 fully saturated rings. The first-order chi connectivity index (χ1) is 12.3. The zero-order valence-corrected chi connectivity index (χ0v) is 13.8. The van der Waals surface area contributed by atoms with E-state index in [0.717, 1.165) is 17.7 Å². The summed E-state index contributed by atoms with van der Waals surface area (Å²) in [5, 5.41) is 23.1. The lowest BCUT2D eigenvalue weighted by molar-refractivity contribution is -0.384. The predicted octanol–water partition coefficient (Wildman–Crippen LogP) is 4.74. The largest absolute Gasteiger partial charge is 0.416 e. The van der Waals surface area contributed by atoms with E-state index in [2.05, 4.69) is 15.5 Å². The van der Waals surface area contributed by atoms with Crippen LogP contribution in [0.1, 0.15) is 10.6 Å². The Balaban J connectivity index is 1.78. The lowest BCUT2D eigenvalue weighted by Crippen LogP contribution is -2.08. The maximum atomic E-state index is 12.7. The zero-order chi connectivity index (χ0) is 18.7. The van der Waals surface area contributed by atoms with Crippen LogP contribution in [0.25, 0.3) is 10.6 Å². The van der Waals surface area contributed by atoms with Crippen LogP contribution in [0.5, 0.6) is 0 Å². The molecule has 0 aliphatic heterocycles. The quantitative estimate of drug-likeness (QED) is 0.511. The van der Waals surface area contributed by atoms with Crippen LogP contribution in [0.2, 0.25) is 0 Å². The van der Waals surface area contributed by atoms with Gasteiger partial charge in [0.15, 0.2) is 0 Å². The van der Waals surface area contributed by atoms with E-state index in [1.54, 1.807) is 0 Å². The summed E-state index contributed by atoms with van der Waals surface area (Å²) in [5.41, 5.74) is -0.846. The van der Waals surface area contributed by atoms with Crippen molar-refractivity contribution in [2.24, 2.45) is 0 Å². The van der Waals surface area contributed by atoms with Crippen molar-refractivity contribution in [1.29, 1.82) is 0 Å². The van der Waals surface area contributed by atoms with Crippen molar-refractivity contribution in [3.8, 4) is 10.6 Å². The fraction of sp³-hybridized carbons (Fsp3) is 0.125. The maximum absolute atomic E-state index is 12.7. The van der Waals surface area contributed by atoms with Gasteiger partial charge < -0.3 is 5.32 Å². The second-order valence-corrected chi connectivity index (χ2v) is 6.27. The molecule has 0 radical (unpaired) electrons. The monoisotopic (exact) mass is 380 g/mol. The number of nitrogens with one attached hydrogen (secondary N) is 1. The Bertz CT molecular complexity index is 929. The molecule has 0 spiro atoms. The van der Waals surface area contributed by atoms with Crippen LogP contribution in [0.4, 0.5) is 24.5 Å². The molecule has 0 aliphatic carbocycles. The number of alkyl halides is 3. The Morgan fingerprint density at radius 1 is 1.12 bits per heavy atom. The van der Waals surface area contributed by atoms with Gasteiger partial charge in [0.1, 0.15) is 15.7 Å². The van der Waals surface area contributed by atoms with E-state index >= 15 is 0 Å². The molecular weight excluding hydrogens is 369 g/mol. The van der Waals surface area contributed by atoms with Crippen molar-refractivity contribution < 1.29 is 18.1 Å². The third-order valence-electron chi connectivity index (χ3n) is 3.44. The van der Waals surface area contributed by atoms with Gasteiger partial charge in [-0.05, 0) is 12.1 Å². The Hall–Kier alpha value is -3.01.